The summed E-state index contributed by atoms with van der Waals surface area (Å²) in [7, 11) is 0. The van der Waals surface area contributed by atoms with E-state index in [-0.39, 0.29) is 50.4 Å². The summed E-state index contributed by atoms with van der Waals surface area (Å²) in [5, 5.41) is 12.3. The summed E-state index contributed by atoms with van der Waals surface area (Å²) >= 11 is 0. The smallest absolute Gasteiger partial charge is 0.307 e. The van der Waals surface area contributed by atoms with E-state index >= 15 is 0 Å². The summed E-state index contributed by atoms with van der Waals surface area (Å²) in [6, 6.07) is 20.0. The summed E-state index contributed by atoms with van der Waals surface area (Å²) in [5.74, 6) is -0.978. The van der Waals surface area contributed by atoms with Gasteiger partial charge in [0, 0.05) is 29.8 Å². The fraction of sp³-hybridized carbons (Fsp3) is 0.353. The predicted molar refractivity (Wildman–Crippen MR) is 163 cm³/mol. The van der Waals surface area contributed by atoms with Gasteiger partial charge in [-0.15, -0.1) is 0 Å². The van der Waals surface area contributed by atoms with E-state index in [9.17, 15) is 24.3 Å². The molecule has 0 bridgehead atoms. The van der Waals surface area contributed by atoms with Crippen LogP contribution in [0.5, 0.6) is 5.75 Å². The van der Waals surface area contributed by atoms with Gasteiger partial charge in [0.25, 0.3) is 5.91 Å². The van der Waals surface area contributed by atoms with Crippen LogP contribution in [0.15, 0.2) is 78.9 Å². The molecule has 2 heterocycles. The van der Waals surface area contributed by atoms with Crippen molar-refractivity contribution in [2.75, 3.05) is 24.7 Å². The van der Waals surface area contributed by atoms with Gasteiger partial charge in [-0.3, -0.25) is 19.2 Å². The maximum absolute atomic E-state index is 14.1. The Morgan fingerprint density at radius 3 is 2.36 bits per heavy atom. The number of nitrogens with zero attached hydrogens (tertiary/aromatic N) is 2. The van der Waals surface area contributed by atoms with Crippen LogP contribution in [0, 0.1) is 0 Å². The van der Waals surface area contributed by atoms with Gasteiger partial charge in [-0.05, 0) is 49.7 Å². The van der Waals surface area contributed by atoms with Crippen LogP contribution in [0.1, 0.15) is 54.2 Å². The van der Waals surface area contributed by atoms with Crippen molar-refractivity contribution >= 4 is 29.4 Å². The number of anilines is 1. The summed E-state index contributed by atoms with van der Waals surface area (Å²) in [5.41, 5.74) is 2.41. The number of benzene rings is 3. The molecular formula is C34H37N3O7. The lowest BCUT2D eigenvalue weighted by atomic mass is 9.89. The minimum atomic E-state index is -0.876. The standard InChI is InChI=1S/C34H37N3O7/c1-3-43-30(40)21-28-32-31(35-33(41)24-13-8-5-9-14-24)26-20-25(44-18-10-17-38)15-16-27(26)37(32)34(42)22(2)36(28)29(39)19-23-11-6-4-7-12-23/h4-9,11-16,20,22,28,31-32,38H,3,10,17-19,21H2,1-2H3,(H,35,41)/t22-,28+,31-,32+/m0/s1. The summed E-state index contributed by atoms with van der Waals surface area (Å²) in [4.78, 5) is 57.8. The zero-order valence-corrected chi connectivity index (χ0v) is 24.8. The number of amides is 3. The highest BCUT2D eigenvalue weighted by molar-refractivity contribution is 6.04. The number of rotatable bonds is 11. The van der Waals surface area contributed by atoms with Gasteiger partial charge in [-0.1, -0.05) is 48.5 Å². The highest BCUT2D eigenvalue weighted by Crippen LogP contribution is 2.47. The van der Waals surface area contributed by atoms with Gasteiger partial charge in [-0.2, -0.15) is 0 Å². The number of nitrogens with one attached hydrogen (secondary N) is 1. The zero-order chi connectivity index (χ0) is 31.2. The number of aliphatic hydroxyl groups excluding tert-OH is 1. The van der Waals surface area contributed by atoms with Crippen LogP contribution in [-0.4, -0.2) is 71.6 Å². The molecule has 3 amide bonds. The Morgan fingerprint density at radius 2 is 1.68 bits per heavy atom. The lowest BCUT2D eigenvalue weighted by Crippen LogP contribution is -2.69. The Hall–Kier alpha value is -4.70. The third-order valence-corrected chi connectivity index (χ3v) is 8.06. The molecule has 10 nitrogen and oxygen atoms in total. The normalized spacial score (nSPS) is 20.5. The van der Waals surface area contributed by atoms with E-state index in [0.29, 0.717) is 29.0 Å². The Balaban J connectivity index is 1.59. The second kappa shape index (κ2) is 13.7. The van der Waals surface area contributed by atoms with Crippen molar-refractivity contribution in [3.05, 3.63) is 95.6 Å². The number of hydrogen-bond acceptors (Lipinski definition) is 7. The van der Waals surface area contributed by atoms with Gasteiger partial charge < -0.3 is 29.7 Å². The minimum absolute atomic E-state index is 0.0225. The SMILES string of the molecule is CCOC(=O)C[C@@H]1[C@@H]2[C@@H](NC(=O)c3ccccc3)c3cc(OCCCO)ccc3N2C(=O)[C@H](C)N1C(=O)Cc1ccccc1. The van der Waals surface area contributed by atoms with E-state index in [1.54, 1.807) is 61.2 Å². The summed E-state index contributed by atoms with van der Waals surface area (Å²) < 4.78 is 11.2. The average molecular weight is 600 g/mol. The number of carbonyl (C=O) groups is 4. The van der Waals surface area contributed by atoms with Crippen LogP contribution in [0.25, 0.3) is 0 Å². The summed E-state index contributed by atoms with van der Waals surface area (Å²) in [6.45, 7) is 3.80. The Morgan fingerprint density at radius 1 is 0.977 bits per heavy atom. The number of aliphatic hydroxyl groups is 1. The number of fused-ring (bicyclic) bond motifs is 3. The van der Waals surface area contributed by atoms with Gasteiger partial charge in [0.2, 0.25) is 11.8 Å². The molecule has 2 aliphatic rings. The molecule has 0 aromatic heterocycles. The van der Waals surface area contributed by atoms with Crippen LogP contribution in [0.4, 0.5) is 5.69 Å². The molecule has 3 aromatic rings. The molecule has 1 saturated heterocycles. The second-order valence-electron chi connectivity index (χ2n) is 10.9. The first kappa shape index (κ1) is 30.7. The van der Waals surface area contributed by atoms with Crippen molar-refractivity contribution < 1.29 is 33.8 Å². The van der Waals surface area contributed by atoms with Gasteiger partial charge in [0.15, 0.2) is 0 Å². The third-order valence-electron chi connectivity index (χ3n) is 8.06. The third kappa shape index (κ3) is 6.30. The monoisotopic (exact) mass is 599 g/mol. The fourth-order valence-corrected chi connectivity index (χ4v) is 6.12. The molecule has 44 heavy (non-hydrogen) atoms. The maximum atomic E-state index is 14.1. The molecule has 0 radical (unpaired) electrons. The predicted octanol–water partition coefficient (Wildman–Crippen LogP) is 3.43. The molecule has 3 aromatic carbocycles. The minimum Gasteiger partial charge on any atom is -0.493 e. The lowest BCUT2D eigenvalue weighted by molar-refractivity contribution is -0.152. The Bertz CT molecular complexity index is 1500. The number of hydrogen-bond donors (Lipinski definition) is 2. The molecule has 230 valence electrons. The fourth-order valence-electron chi connectivity index (χ4n) is 6.12. The maximum Gasteiger partial charge on any atom is 0.307 e. The van der Waals surface area contributed by atoms with Crippen molar-refractivity contribution in [1.82, 2.24) is 10.2 Å². The van der Waals surface area contributed by atoms with Crippen molar-refractivity contribution in [2.45, 2.75) is 57.3 Å². The molecule has 2 N–H and O–H groups in total. The van der Waals surface area contributed by atoms with E-state index < -0.39 is 30.1 Å². The first-order valence-electron chi connectivity index (χ1n) is 14.9. The zero-order valence-electron chi connectivity index (χ0n) is 24.8. The highest BCUT2D eigenvalue weighted by atomic mass is 16.5. The van der Waals surface area contributed by atoms with Gasteiger partial charge in [0.1, 0.15) is 11.8 Å². The van der Waals surface area contributed by atoms with Crippen molar-refractivity contribution in [3.63, 3.8) is 0 Å². The van der Waals surface area contributed by atoms with Crippen LogP contribution < -0.4 is 15.0 Å². The van der Waals surface area contributed by atoms with Crippen LogP contribution in [0.2, 0.25) is 0 Å². The topological polar surface area (TPSA) is 125 Å². The molecule has 0 saturated carbocycles. The average Bonchev–Trinajstić information content (AvgIpc) is 3.34. The number of ether oxygens (including phenoxy) is 2. The van der Waals surface area contributed by atoms with E-state index in [1.807, 2.05) is 36.4 Å². The lowest BCUT2D eigenvalue weighted by Gasteiger charge is -2.49. The van der Waals surface area contributed by atoms with Gasteiger partial charge in [-0.25, -0.2) is 0 Å². The number of piperazine rings is 1. The van der Waals surface area contributed by atoms with Gasteiger partial charge >= 0.3 is 5.97 Å². The Kier molecular flexibility index (Phi) is 9.59. The second-order valence-corrected chi connectivity index (χ2v) is 10.9. The summed E-state index contributed by atoms with van der Waals surface area (Å²) in [6.07, 6.45) is 0.316. The molecule has 0 aliphatic carbocycles. The van der Waals surface area contributed by atoms with Crippen LogP contribution >= 0.6 is 0 Å². The molecular weight excluding hydrogens is 562 g/mol. The van der Waals surface area contributed by atoms with Crippen molar-refractivity contribution in [2.24, 2.45) is 0 Å². The quantitative estimate of drug-likeness (QED) is 0.256. The van der Waals surface area contributed by atoms with Gasteiger partial charge in [0.05, 0.1) is 44.2 Å². The molecule has 2 aliphatic heterocycles. The van der Waals surface area contributed by atoms with Crippen molar-refractivity contribution in [1.29, 1.82) is 0 Å². The molecule has 0 unspecified atom stereocenters. The van der Waals surface area contributed by atoms with Crippen LogP contribution in [-0.2, 0) is 25.5 Å². The van der Waals surface area contributed by atoms with Crippen molar-refractivity contribution in [3.8, 4) is 5.75 Å². The molecule has 5 rings (SSSR count). The molecule has 4 atom stereocenters. The molecule has 10 heteroatoms. The van der Waals surface area contributed by atoms with E-state index in [2.05, 4.69) is 5.32 Å². The van der Waals surface area contributed by atoms with Crippen LogP contribution in [0.3, 0.4) is 0 Å². The van der Waals surface area contributed by atoms with E-state index in [1.165, 1.54) is 4.90 Å². The number of carbonyl (C=O) groups excluding carboxylic acids is 4. The number of esters is 1. The first-order valence-corrected chi connectivity index (χ1v) is 14.9. The largest absolute Gasteiger partial charge is 0.493 e. The Labute approximate surface area is 256 Å². The molecule has 0 spiro atoms. The van der Waals surface area contributed by atoms with E-state index in [4.69, 9.17) is 9.47 Å². The van der Waals surface area contributed by atoms with E-state index in [0.717, 1.165) is 5.56 Å². The molecule has 1 fully saturated rings. The highest BCUT2D eigenvalue weighted by Gasteiger charge is 2.55. The first-order chi connectivity index (χ1) is 21.3.